The van der Waals surface area contributed by atoms with Crippen molar-refractivity contribution in [1.29, 1.82) is 0 Å². The van der Waals surface area contributed by atoms with Crippen molar-refractivity contribution >= 4 is 17.4 Å². The minimum absolute atomic E-state index is 0.145. The Morgan fingerprint density at radius 1 is 1.16 bits per heavy atom. The van der Waals surface area contributed by atoms with Crippen LogP contribution in [0.5, 0.6) is 11.6 Å². The maximum absolute atomic E-state index is 11.1. The highest BCUT2D eigenvalue weighted by molar-refractivity contribution is 5.90. The molecule has 0 aliphatic heterocycles. The Kier molecular flexibility index (Phi) is 3.97. The summed E-state index contributed by atoms with van der Waals surface area (Å²) in [6, 6.07) is 12.7. The maximum Gasteiger partial charge on any atom is 0.221 e. The summed E-state index contributed by atoms with van der Waals surface area (Å²) in [4.78, 5) is 15.4. The van der Waals surface area contributed by atoms with Crippen molar-refractivity contribution in [3.63, 3.8) is 0 Å². The lowest BCUT2D eigenvalue weighted by Crippen LogP contribution is -2.07. The van der Waals surface area contributed by atoms with Gasteiger partial charge in [-0.3, -0.25) is 4.79 Å². The van der Waals surface area contributed by atoms with Crippen molar-refractivity contribution in [2.45, 2.75) is 6.92 Å². The number of para-hydroxylation sites is 2. The normalized spacial score (nSPS) is 9.79. The molecule has 0 unspecified atom stereocenters. The summed E-state index contributed by atoms with van der Waals surface area (Å²) in [6.07, 6.45) is 0. The zero-order valence-corrected chi connectivity index (χ0v) is 10.8. The molecule has 98 valence electrons. The zero-order chi connectivity index (χ0) is 13.7. The molecule has 0 fully saturated rings. The standard InChI is InChI=1S/C14H15N3O2/c1-10(18)16-11-6-3-4-7-12(11)19-14-9-5-8-13(15-2)17-14/h3-9H,1-2H3,(H,15,17)(H,16,18). The summed E-state index contributed by atoms with van der Waals surface area (Å²) < 4.78 is 5.69. The SMILES string of the molecule is CNc1cccc(Oc2ccccc2NC(C)=O)n1. The van der Waals surface area contributed by atoms with Crippen LogP contribution in [0.15, 0.2) is 42.5 Å². The van der Waals surface area contributed by atoms with Crippen LogP contribution in [0.4, 0.5) is 11.5 Å². The summed E-state index contributed by atoms with van der Waals surface area (Å²) in [5.74, 6) is 1.59. The Hall–Kier alpha value is -2.56. The molecule has 5 nitrogen and oxygen atoms in total. The predicted octanol–water partition coefficient (Wildman–Crippen LogP) is 2.87. The molecular formula is C14H15N3O2. The molecule has 0 radical (unpaired) electrons. The van der Waals surface area contributed by atoms with Crippen molar-refractivity contribution in [1.82, 2.24) is 4.98 Å². The highest BCUT2D eigenvalue weighted by atomic mass is 16.5. The molecule has 2 aromatic rings. The van der Waals surface area contributed by atoms with Gasteiger partial charge in [-0.2, -0.15) is 4.98 Å². The van der Waals surface area contributed by atoms with Gasteiger partial charge in [0.2, 0.25) is 11.8 Å². The molecule has 1 amide bonds. The summed E-state index contributed by atoms with van der Waals surface area (Å²) in [5, 5.41) is 5.65. The van der Waals surface area contributed by atoms with Crippen molar-refractivity contribution in [2.24, 2.45) is 0 Å². The van der Waals surface area contributed by atoms with Crippen LogP contribution < -0.4 is 15.4 Å². The smallest absolute Gasteiger partial charge is 0.221 e. The molecule has 1 aromatic heterocycles. The van der Waals surface area contributed by atoms with Crippen LogP contribution in [0.1, 0.15) is 6.92 Å². The van der Waals surface area contributed by atoms with Crippen LogP contribution in [0.25, 0.3) is 0 Å². The first-order valence-electron chi connectivity index (χ1n) is 5.88. The Morgan fingerprint density at radius 3 is 2.68 bits per heavy atom. The molecule has 1 aromatic carbocycles. The molecule has 0 atom stereocenters. The topological polar surface area (TPSA) is 63.2 Å². The fourth-order valence-corrected chi connectivity index (χ4v) is 1.57. The molecule has 0 bridgehead atoms. The van der Waals surface area contributed by atoms with E-state index in [1.54, 1.807) is 25.2 Å². The van der Waals surface area contributed by atoms with Crippen LogP contribution in [-0.2, 0) is 4.79 Å². The number of pyridine rings is 1. The summed E-state index contributed by atoms with van der Waals surface area (Å²) in [7, 11) is 1.79. The average Bonchev–Trinajstić information content (AvgIpc) is 2.41. The monoisotopic (exact) mass is 257 g/mol. The summed E-state index contributed by atoms with van der Waals surface area (Å²) >= 11 is 0. The summed E-state index contributed by atoms with van der Waals surface area (Å²) in [6.45, 7) is 1.46. The molecular weight excluding hydrogens is 242 g/mol. The van der Waals surface area contributed by atoms with Crippen molar-refractivity contribution in [3.05, 3.63) is 42.5 Å². The number of amides is 1. The van der Waals surface area contributed by atoms with E-state index in [4.69, 9.17) is 4.74 Å². The number of anilines is 2. The third-order valence-corrected chi connectivity index (χ3v) is 2.39. The second-order valence-electron chi connectivity index (χ2n) is 3.89. The molecule has 2 N–H and O–H groups in total. The Balaban J connectivity index is 2.24. The Labute approximate surface area is 111 Å². The van der Waals surface area contributed by atoms with Crippen LogP contribution in [0, 0.1) is 0 Å². The number of rotatable bonds is 4. The fourth-order valence-electron chi connectivity index (χ4n) is 1.57. The second-order valence-corrected chi connectivity index (χ2v) is 3.89. The van der Waals surface area contributed by atoms with E-state index >= 15 is 0 Å². The average molecular weight is 257 g/mol. The lowest BCUT2D eigenvalue weighted by Gasteiger charge is -2.11. The minimum Gasteiger partial charge on any atom is -0.437 e. The van der Waals surface area contributed by atoms with E-state index in [-0.39, 0.29) is 5.91 Å². The van der Waals surface area contributed by atoms with E-state index in [9.17, 15) is 4.79 Å². The van der Waals surface area contributed by atoms with Gasteiger partial charge in [0.05, 0.1) is 5.69 Å². The van der Waals surface area contributed by atoms with Crippen LogP contribution in [-0.4, -0.2) is 17.9 Å². The lowest BCUT2D eigenvalue weighted by molar-refractivity contribution is -0.114. The Morgan fingerprint density at radius 2 is 1.95 bits per heavy atom. The number of carbonyl (C=O) groups is 1. The van der Waals surface area contributed by atoms with Crippen molar-refractivity contribution in [3.8, 4) is 11.6 Å². The molecule has 0 saturated carbocycles. The van der Waals surface area contributed by atoms with Gasteiger partial charge >= 0.3 is 0 Å². The number of hydrogen-bond donors (Lipinski definition) is 2. The van der Waals surface area contributed by atoms with E-state index in [0.717, 1.165) is 5.82 Å². The maximum atomic E-state index is 11.1. The van der Waals surface area contributed by atoms with Crippen LogP contribution in [0.3, 0.4) is 0 Å². The molecule has 0 saturated heterocycles. The van der Waals surface area contributed by atoms with Gasteiger partial charge in [0.15, 0.2) is 5.75 Å². The van der Waals surface area contributed by atoms with Gasteiger partial charge < -0.3 is 15.4 Å². The molecule has 0 aliphatic rings. The van der Waals surface area contributed by atoms with Gasteiger partial charge in [0.25, 0.3) is 0 Å². The van der Waals surface area contributed by atoms with Gasteiger partial charge in [-0.25, -0.2) is 0 Å². The number of nitrogens with zero attached hydrogens (tertiary/aromatic N) is 1. The number of ether oxygens (including phenoxy) is 1. The van der Waals surface area contributed by atoms with Gasteiger partial charge in [0.1, 0.15) is 5.82 Å². The number of carbonyl (C=O) groups excluding carboxylic acids is 1. The highest BCUT2D eigenvalue weighted by Gasteiger charge is 2.06. The third kappa shape index (κ3) is 3.45. The molecule has 0 spiro atoms. The van der Waals surface area contributed by atoms with Crippen LogP contribution >= 0.6 is 0 Å². The number of benzene rings is 1. The van der Waals surface area contributed by atoms with Crippen LogP contribution in [0.2, 0.25) is 0 Å². The molecule has 5 heteroatoms. The van der Waals surface area contributed by atoms with E-state index in [1.807, 2.05) is 24.3 Å². The molecule has 0 aliphatic carbocycles. The van der Waals surface area contributed by atoms with E-state index in [1.165, 1.54) is 6.92 Å². The molecule has 2 rings (SSSR count). The van der Waals surface area contributed by atoms with E-state index < -0.39 is 0 Å². The first-order valence-corrected chi connectivity index (χ1v) is 5.88. The summed E-state index contributed by atoms with van der Waals surface area (Å²) in [5.41, 5.74) is 0.617. The van der Waals surface area contributed by atoms with Crippen molar-refractivity contribution in [2.75, 3.05) is 17.7 Å². The van der Waals surface area contributed by atoms with E-state index in [0.29, 0.717) is 17.3 Å². The minimum atomic E-state index is -0.145. The lowest BCUT2D eigenvalue weighted by atomic mass is 10.3. The number of aromatic nitrogens is 1. The first-order chi connectivity index (χ1) is 9.19. The Bertz CT molecular complexity index is 584. The van der Waals surface area contributed by atoms with Gasteiger partial charge in [0, 0.05) is 20.0 Å². The van der Waals surface area contributed by atoms with E-state index in [2.05, 4.69) is 15.6 Å². The van der Waals surface area contributed by atoms with Gasteiger partial charge in [-0.1, -0.05) is 18.2 Å². The van der Waals surface area contributed by atoms with Crippen molar-refractivity contribution < 1.29 is 9.53 Å². The number of nitrogens with one attached hydrogen (secondary N) is 2. The quantitative estimate of drug-likeness (QED) is 0.884. The largest absolute Gasteiger partial charge is 0.437 e. The number of hydrogen-bond acceptors (Lipinski definition) is 4. The highest BCUT2D eigenvalue weighted by Crippen LogP contribution is 2.28. The first kappa shape index (κ1) is 12.9. The third-order valence-electron chi connectivity index (χ3n) is 2.39. The zero-order valence-electron chi connectivity index (χ0n) is 10.8. The molecule has 19 heavy (non-hydrogen) atoms. The second kappa shape index (κ2) is 5.86. The predicted molar refractivity (Wildman–Crippen MR) is 74.6 cm³/mol. The van der Waals surface area contributed by atoms with Gasteiger partial charge in [-0.05, 0) is 18.2 Å². The molecule has 1 heterocycles. The van der Waals surface area contributed by atoms with Gasteiger partial charge in [-0.15, -0.1) is 0 Å². The fraction of sp³-hybridized carbons (Fsp3) is 0.143.